The van der Waals surface area contributed by atoms with E-state index in [2.05, 4.69) is 31.0 Å². The maximum Gasteiger partial charge on any atom is 0.0249 e. The zero-order valence-electron chi connectivity index (χ0n) is 13.1. The summed E-state index contributed by atoms with van der Waals surface area (Å²) in [6.07, 6.45) is 9.88. The van der Waals surface area contributed by atoms with Gasteiger partial charge in [0.1, 0.15) is 0 Å². The Hall–Kier alpha value is -0.0800. The fraction of sp³-hybridized carbons (Fsp3) is 1.00. The van der Waals surface area contributed by atoms with Gasteiger partial charge in [-0.3, -0.25) is 4.90 Å². The van der Waals surface area contributed by atoms with E-state index in [1.54, 1.807) is 0 Å². The Morgan fingerprint density at radius 1 is 1.05 bits per heavy atom. The Bertz CT molecular complexity index is 312. The van der Waals surface area contributed by atoms with E-state index in [1.165, 1.54) is 58.0 Å². The van der Waals surface area contributed by atoms with Crippen molar-refractivity contribution in [2.24, 2.45) is 11.3 Å². The second kappa shape index (κ2) is 5.37. The van der Waals surface area contributed by atoms with Gasteiger partial charge in [-0.1, -0.05) is 27.2 Å². The predicted octanol–water partition coefficient (Wildman–Crippen LogP) is 3.42. The van der Waals surface area contributed by atoms with Crippen LogP contribution in [0.4, 0.5) is 0 Å². The van der Waals surface area contributed by atoms with Crippen LogP contribution in [-0.2, 0) is 0 Å². The number of hydrogen-bond acceptors (Lipinski definition) is 2. The molecule has 1 saturated carbocycles. The van der Waals surface area contributed by atoms with Crippen molar-refractivity contribution < 1.29 is 0 Å². The van der Waals surface area contributed by atoms with Gasteiger partial charge < -0.3 is 5.32 Å². The zero-order chi connectivity index (χ0) is 13.5. The van der Waals surface area contributed by atoms with Crippen molar-refractivity contribution in [1.29, 1.82) is 0 Å². The molecule has 3 rings (SSSR count). The lowest BCUT2D eigenvalue weighted by Crippen LogP contribution is -2.50. The van der Waals surface area contributed by atoms with Crippen LogP contribution in [0.25, 0.3) is 0 Å². The standard InChI is InChI=1S/C17H32N2/c1-13-10-14(12-17(2,3)11-13)18-15-7-9-19-8-5-4-6-16(15)19/h13-16,18H,4-12H2,1-3H3. The zero-order valence-corrected chi connectivity index (χ0v) is 13.1. The molecule has 0 aromatic carbocycles. The topological polar surface area (TPSA) is 15.3 Å². The van der Waals surface area contributed by atoms with E-state index in [-0.39, 0.29) is 0 Å². The highest BCUT2D eigenvalue weighted by molar-refractivity contribution is 4.97. The number of hydrogen-bond donors (Lipinski definition) is 1. The molecule has 2 saturated heterocycles. The lowest BCUT2D eigenvalue weighted by molar-refractivity contribution is 0.128. The van der Waals surface area contributed by atoms with Crippen LogP contribution in [0, 0.1) is 11.3 Å². The first-order chi connectivity index (χ1) is 9.03. The summed E-state index contributed by atoms with van der Waals surface area (Å²) in [6.45, 7) is 10.1. The predicted molar refractivity (Wildman–Crippen MR) is 81.3 cm³/mol. The average Bonchev–Trinajstić information content (AvgIpc) is 2.70. The summed E-state index contributed by atoms with van der Waals surface area (Å²) < 4.78 is 0. The van der Waals surface area contributed by atoms with Gasteiger partial charge in [-0.05, 0) is 56.4 Å². The Morgan fingerprint density at radius 2 is 1.89 bits per heavy atom. The van der Waals surface area contributed by atoms with Crippen molar-refractivity contribution in [2.45, 2.75) is 83.8 Å². The second-order valence-corrected chi connectivity index (χ2v) is 8.27. The van der Waals surface area contributed by atoms with Crippen molar-refractivity contribution in [3.8, 4) is 0 Å². The molecule has 3 aliphatic rings. The molecular formula is C17H32N2. The Labute approximate surface area is 119 Å². The number of piperidine rings is 1. The average molecular weight is 264 g/mol. The Balaban J connectivity index is 1.59. The molecule has 0 aromatic heterocycles. The summed E-state index contributed by atoms with van der Waals surface area (Å²) in [7, 11) is 0. The summed E-state index contributed by atoms with van der Waals surface area (Å²) in [5.41, 5.74) is 0.542. The summed E-state index contributed by atoms with van der Waals surface area (Å²) in [6, 6.07) is 2.41. The van der Waals surface area contributed by atoms with Crippen LogP contribution in [0.1, 0.15) is 65.7 Å². The van der Waals surface area contributed by atoms with Crippen molar-refractivity contribution in [1.82, 2.24) is 10.2 Å². The molecule has 4 unspecified atom stereocenters. The van der Waals surface area contributed by atoms with Gasteiger partial charge in [0.05, 0.1) is 0 Å². The first-order valence-corrected chi connectivity index (χ1v) is 8.54. The number of nitrogens with one attached hydrogen (secondary N) is 1. The van der Waals surface area contributed by atoms with Crippen molar-refractivity contribution in [3.05, 3.63) is 0 Å². The van der Waals surface area contributed by atoms with Crippen molar-refractivity contribution in [2.75, 3.05) is 13.1 Å². The molecule has 0 amide bonds. The summed E-state index contributed by atoms with van der Waals surface area (Å²) in [4.78, 5) is 2.75. The van der Waals surface area contributed by atoms with Gasteiger partial charge in [-0.2, -0.15) is 0 Å². The Kier molecular flexibility index (Phi) is 3.92. The van der Waals surface area contributed by atoms with Crippen LogP contribution >= 0.6 is 0 Å². The molecule has 3 fully saturated rings. The van der Waals surface area contributed by atoms with E-state index in [0.717, 1.165) is 24.0 Å². The van der Waals surface area contributed by atoms with E-state index < -0.39 is 0 Å². The molecule has 2 heterocycles. The summed E-state index contributed by atoms with van der Waals surface area (Å²) in [5, 5.41) is 4.06. The van der Waals surface area contributed by atoms with Crippen LogP contribution < -0.4 is 5.32 Å². The van der Waals surface area contributed by atoms with Crippen LogP contribution in [0.2, 0.25) is 0 Å². The molecule has 1 N–H and O–H groups in total. The molecule has 0 radical (unpaired) electrons. The van der Waals surface area contributed by atoms with Gasteiger partial charge in [-0.25, -0.2) is 0 Å². The molecular weight excluding hydrogens is 232 g/mol. The van der Waals surface area contributed by atoms with Gasteiger partial charge in [0, 0.05) is 24.7 Å². The van der Waals surface area contributed by atoms with E-state index in [4.69, 9.17) is 0 Å². The third-order valence-electron chi connectivity index (χ3n) is 5.69. The van der Waals surface area contributed by atoms with Crippen molar-refractivity contribution in [3.63, 3.8) is 0 Å². The van der Waals surface area contributed by atoms with E-state index >= 15 is 0 Å². The SMILES string of the molecule is CC1CC(NC2CCN3CCCCC23)CC(C)(C)C1. The lowest BCUT2D eigenvalue weighted by atomic mass is 9.70. The van der Waals surface area contributed by atoms with E-state index in [1.807, 2.05) is 0 Å². The fourth-order valence-electron chi connectivity index (χ4n) is 5.22. The highest BCUT2D eigenvalue weighted by Crippen LogP contribution is 2.39. The molecule has 110 valence electrons. The highest BCUT2D eigenvalue weighted by atomic mass is 15.2. The minimum atomic E-state index is 0.542. The molecule has 0 aromatic rings. The first kappa shape index (κ1) is 13.9. The first-order valence-electron chi connectivity index (χ1n) is 8.54. The molecule has 4 atom stereocenters. The minimum absolute atomic E-state index is 0.542. The lowest BCUT2D eigenvalue weighted by Gasteiger charge is -2.42. The maximum absolute atomic E-state index is 4.06. The fourth-order valence-corrected chi connectivity index (χ4v) is 5.22. The van der Waals surface area contributed by atoms with Gasteiger partial charge in [0.15, 0.2) is 0 Å². The van der Waals surface area contributed by atoms with E-state index in [0.29, 0.717) is 5.41 Å². The molecule has 0 spiro atoms. The number of nitrogens with zero attached hydrogens (tertiary/aromatic N) is 1. The van der Waals surface area contributed by atoms with Crippen molar-refractivity contribution >= 4 is 0 Å². The smallest absolute Gasteiger partial charge is 0.0249 e. The minimum Gasteiger partial charge on any atom is -0.310 e. The van der Waals surface area contributed by atoms with Gasteiger partial charge >= 0.3 is 0 Å². The number of fused-ring (bicyclic) bond motifs is 1. The van der Waals surface area contributed by atoms with Crippen LogP contribution in [-0.4, -0.2) is 36.1 Å². The largest absolute Gasteiger partial charge is 0.310 e. The summed E-state index contributed by atoms with van der Waals surface area (Å²) in [5.74, 6) is 0.894. The van der Waals surface area contributed by atoms with E-state index in [9.17, 15) is 0 Å². The third kappa shape index (κ3) is 3.16. The Morgan fingerprint density at radius 3 is 2.68 bits per heavy atom. The summed E-state index contributed by atoms with van der Waals surface area (Å²) >= 11 is 0. The molecule has 19 heavy (non-hydrogen) atoms. The molecule has 0 bridgehead atoms. The quantitative estimate of drug-likeness (QED) is 0.822. The highest BCUT2D eigenvalue weighted by Gasteiger charge is 2.38. The van der Waals surface area contributed by atoms with Gasteiger partial charge in [0.2, 0.25) is 0 Å². The molecule has 2 aliphatic heterocycles. The molecule has 1 aliphatic carbocycles. The van der Waals surface area contributed by atoms with Crippen LogP contribution in [0.5, 0.6) is 0 Å². The monoisotopic (exact) mass is 264 g/mol. The number of rotatable bonds is 2. The molecule has 2 heteroatoms. The van der Waals surface area contributed by atoms with Gasteiger partial charge in [-0.15, -0.1) is 0 Å². The van der Waals surface area contributed by atoms with Crippen LogP contribution in [0.15, 0.2) is 0 Å². The normalized spacial score (nSPS) is 43.1. The van der Waals surface area contributed by atoms with Crippen LogP contribution in [0.3, 0.4) is 0 Å². The second-order valence-electron chi connectivity index (χ2n) is 8.27. The van der Waals surface area contributed by atoms with Gasteiger partial charge in [0.25, 0.3) is 0 Å². The molecule has 2 nitrogen and oxygen atoms in total. The third-order valence-corrected chi connectivity index (χ3v) is 5.69. The maximum atomic E-state index is 4.06.